The van der Waals surface area contributed by atoms with Gasteiger partial charge >= 0.3 is 0 Å². The quantitative estimate of drug-likeness (QED) is 0.105. The van der Waals surface area contributed by atoms with Crippen LogP contribution in [-0.2, 0) is 10.2 Å². The number of carbonyl (C=O) groups excluding carboxylic acids is 1. The van der Waals surface area contributed by atoms with E-state index in [9.17, 15) is 10.0 Å². The monoisotopic (exact) mass is 516 g/mol. The van der Waals surface area contributed by atoms with E-state index in [4.69, 9.17) is 0 Å². The third kappa shape index (κ3) is 9.48. The van der Waals surface area contributed by atoms with Gasteiger partial charge in [-0.25, -0.2) is 0 Å². The summed E-state index contributed by atoms with van der Waals surface area (Å²) in [6.45, 7) is 16.2. The Bertz CT molecular complexity index is 1130. The summed E-state index contributed by atoms with van der Waals surface area (Å²) in [7, 11) is 4.01. The molecule has 1 atom stereocenters. The first-order valence-corrected chi connectivity index (χ1v) is 13.5. The summed E-state index contributed by atoms with van der Waals surface area (Å²) in [5.74, 6) is 0. The summed E-state index contributed by atoms with van der Waals surface area (Å²) >= 11 is 0. The Hall–Kier alpha value is -3.40. The Morgan fingerprint density at radius 1 is 1.13 bits per heavy atom. The van der Waals surface area contributed by atoms with E-state index in [-0.39, 0.29) is 5.41 Å². The van der Waals surface area contributed by atoms with Crippen LogP contribution in [0, 0.1) is 0 Å². The Morgan fingerprint density at radius 3 is 2.39 bits per heavy atom. The van der Waals surface area contributed by atoms with Crippen molar-refractivity contribution >= 4 is 23.3 Å². The molecule has 1 aliphatic carbocycles. The molecule has 1 aromatic rings. The summed E-state index contributed by atoms with van der Waals surface area (Å²) in [6, 6.07) is 4.29. The molecule has 1 aliphatic rings. The Kier molecular flexibility index (Phi) is 14.1. The number of allylic oxidation sites excluding steroid dienone is 11. The normalized spacial score (nSPS) is 15.6. The molecule has 38 heavy (non-hydrogen) atoms. The maximum atomic E-state index is 11.5. The van der Waals surface area contributed by atoms with E-state index in [1.165, 1.54) is 11.1 Å². The molecule has 0 aliphatic heterocycles. The summed E-state index contributed by atoms with van der Waals surface area (Å²) in [6.07, 6.45) is 21.8. The van der Waals surface area contributed by atoms with Gasteiger partial charge in [-0.15, -0.1) is 0 Å². The topological polar surface area (TPSA) is 52.9 Å². The number of benzene rings is 1. The zero-order chi connectivity index (χ0) is 28.7. The van der Waals surface area contributed by atoms with Gasteiger partial charge in [-0.2, -0.15) is 0 Å². The first-order valence-electron chi connectivity index (χ1n) is 13.5. The highest BCUT2D eigenvalue weighted by Crippen LogP contribution is 2.40. The minimum absolute atomic E-state index is 0.267. The average Bonchev–Trinajstić information content (AvgIpc) is 3.17. The van der Waals surface area contributed by atoms with Gasteiger partial charge in [0.2, 0.25) is 0 Å². The maximum absolute atomic E-state index is 11.5. The molecule has 1 unspecified atom stereocenters. The average molecular weight is 517 g/mol. The smallest absolute Gasteiger partial charge is 0.120 e. The Morgan fingerprint density at radius 2 is 1.84 bits per heavy atom. The molecule has 2 rings (SSSR count). The van der Waals surface area contributed by atoms with Gasteiger partial charge < -0.3 is 14.9 Å². The number of anilines is 1. The largest absolute Gasteiger partial charge is 0.411 e. The van der Waals surface area contributed by atoms with Crippen LogP contribution < -0.4 is 4.90 Å². The molecular weight excluding hydrogens is 468 g/mol. The maximum Gasteiger partial charge on any atom is 0.120 e. The van der Waals surface area contributed by atoms with Crippen molar-refractivity contribution in [2.24, 2.45) is 5.16 Å². The number of carbonyl (C=O) groups is 1. The van der Waals surface area contributed by atoms with Crippen molar-refractivity contribution < 1.29 is 10.0 Å². The fourth-order valence-corrected chi connectivity index (χ4v) is 4.29. The van der Waals surface area contributed by atoms with Gasteiger partial charge in [-0.3, -0.25) is 0 Å². The van der Waals surface area contributed by atoms with E-state index in [1.807, 2.05) is 34.0 Å². The van der Waals surface area contributed by atoms with Gasteiger partial charge in [0, 0.05) is 37.2 Å². The van der Waals surface area contributed by atoms with E-state index in [0.29, 0.717) is 12.1 Å². The van der Waals surface area contributed by atoms with Crippen LogP contribution in [0.25, 0.3) is 5.57 Å². The number of nitrogens with zero attached hydrogens (tertiary/aromatic N) is 2. The predicted octanol–water partition coefficient (Wildman–Crippen LogP) is 8.97. The zero-order valence-electron chi connectivity index (χ0n) is 24.8. The van der Waals surface area contributed by atoms with Crippen LogP contribution in [-0.4, -0.2) is 31.3 Å². The lowest BCUT2D eigenvalue weighted by Gasteiger charge is -2.33. The van der Waals surface area contributed by atoms with E-state index < -0.39 is 0 Å². The van der Waals surface area contributed by atoms with Gasteiger partial charge in [-0.1, -0.05) is 92.3 Å². The lowest BCUT2D eigenvalue weighted by Crippen LogP contribution is -2.26. The molecule has 1 N–H and O–H groups in total. The first kappa shape index (κ1) is 32.6. The molecule has 0 amide bonds. The summed E-state index contributed by atoms with van der Waals surface area (Å²) in [5.41, 5.74) is 8.22. The fraction of sp³-hybridized carbons (Fsp3) is 0.412. The summed E-state index contributed by atoms with van der Waals surface area (Å²) in [4.78, 5) is 13.5. The second-order valence-electron chi connectivity index (χ2n) is 10.3. The van der Waals surface area contributed by atoms with Crippen molar-refractivity contribution in [3.05, 3.63) is 95.2 Å². The third-order valence-electron chi connectivity index (χ3n) is 7.15. The molecule has 0 fully saturated rings. The molecular formula is C34H48N2O2. The highest BCUT2D eigenvalue weighted by Gasteiger charge is 2.29. The Labute approximate surface area is 231 Å². The number of hydrogen-bond acceptors (Lipinski definition) is 4. The molecule has 4 nitrogen and oxygen atoms in total. The second-order valence-corrected chi connectivity index (χ2v) is 10.3. The molecule has 0 heterocycles. The van der Waals surface area contributed by atoms with E-state index in [2.05, 4.69) is 99.0 Å². The van der Waals surface area contributed by atoms with Crippen molar-refractivity contribution in [1.82, 2.24) is 0 Å². The summed E-state index contributed by atoms with van der Waals surface area (Å²) < 4.78 is 0. The number of hydrogen-bond donors (Lipinski definition) is 1. The summed E-state index contributed by atoms with van der Waals surface area (Å²) in [5, 5.41) is 13.0. The van der Waals surface area contributed by atoms with Crippen LogP contribution in [0.15, 0.2) is 83.6 Å². The van der Waals surface area contributed by atoms with Crippen LogP contribution in [0.2, 0.25) is 0 Å². The van der Waals surface area contributed by atoms with Crippen molar-refractivity contribution in [3.63, 3.8) is 0 Å². The van der Waals surface area contributed by atoms with Gasteiger partial charge in [0.05, 0.1) is 5.71 Å². The van der Waals surface area contributed by atoms with Gasteiger partial charge in [-0.05, 0) is 75.3 Å². The highest BCUT2D eigenvalue weighted by atomic mass is 16.4. The minimum Gasteiger partial charge on any atom is -0.411 e. The first-order chi connectivity index (χ1) is 18.1. The van der Waals surface area contributed by atoms with Crippen molar-refractivity contribution in [2.45, 2.75) is 79.1 Å². The molecule has 0 radical (unpaired) electrons. The molecule has 0 spiro atoms. The van der Waals surface area contributed by atoms with Gasteiger partial charge in [0.25, 0.3) is 0 Å². The Balaban J connectivity index is 0.000000763. The van der Waals surface area contributed by atoms with Crippen LogP contribution >= 0.6 is 0 Å². The molecule has 0 aromatic heterocycles. The van der Waals surface area contributed by atoms with Gasteiger partial charge in [0.15, 0.2) is 0 Å². The molecule has 0 bridgehead atoms. The van der Waals surface area contributed by atoms with E-state index in [0.717, 1.165) is 59.9 Å². The SMILES string of the molecule is C=C/C(C)=C\C/C=C(\CC)c1cc(C(C)(CC)CC=O)c(N(C)C)cc1/C(C)=N/O.CC1=CC=CC=CC1. The van der Waals surface area contributed by atoms with E-state index >= 15 is 0 Å². The third-order valence-corrected chi connectivity index (χ3v) is 7.15. The zero-order valence-corrected chi connectivity index (χ0v) is 24.8. The van der Waals surface area contributed by atoms with Crippen LogP contribution in [0.1, 0.15) is 90.3 Å². The molecule has 4 heteroatoms. The molecule has 0 saturated heterocycles. The molecule has 1 aromatic carbocycles. The molecule has 206 valence electrons. The van der Waals surface area contributed by atoms with Crippen molar-refractivity contribution in [1.29, 1.82) is 0 Å². The second kappa shape index (κ2) is 16.4. The standard InChI is InChI=1S/C26H38N2O2.C8H10/c1-9-19(4)13-12-14-21(10-2)23-17-24(26(6,11-3)15-16-29)25(28(7)8)18-22(23)20(5)27-30;1-8-6-4-2-3-5-7-8/h9,13-14,16-18,30H,1,10-12,15H2,2-8H3;2-6H,7H2,1H3/b19-13-,21-14+,27-20+;. The lowest BCUT2D eigenvalue weighted by molar-refractivity contribution is -0.108. The fourth-order valence-electron chi connectivity index (χ4n) is 4.29. The number of aldehydes is 1. The number of rotatable bonds is 11. The lowest BCUT2D eigenvalue weighted by atomic mass is 9.74. The van der Waals surface area contributed by atoms with E-state index in [1.54, 1.807) is 0 Å². The number of oxime groups is 1. The predicted molar refractivity (Wildman–Crippen MR) is 167 cm³/mol. The minimum atomic E-state index is -0.267. The van der Waals surface area contributed by atoms with Crippen LogP contribution in [0.4, 0.5) is 5.69 Å². The van der Waals surface area contributed by atoms with Gasteiger partial charge in [0.1, 0.15) is 6.29 Å². The highest BCUT2D eigenvalue weighted by molar-refractivity contribution is 6.03. The van der Waals surface area contributed by atoms with Crippen LogP contribution in [0.5, 0.6) is 0 Å². The van der Waals surface area contributed by atoms with Crippen molar-refractivity contribution in [2.75, 3.05) is 19.0 Å². The molecule has 0 saturated carbocycles. The van der Waals surface area contributed by atoms with Crippen molar-refractivity contribution in [3.8, 4) is 0 Å². The van der Waals surface area contributed by atoms with Crippen LogP contribution in [0.3, 0.4) is 0 Å².